The Kier molecular flexibility index (Phi) is 3.17. The number of hydrogen-bond donors (Lipinski definition) is 2. The molecule has 0 aliphatic heterocycles. The lowest BCUT2D eigenvalue weighted by atomic mass is 9.79. The van der Waals surface area contributed by atoms with Crippen LogP contribution in [-0.4, -0.2) is 0 Å². The Bertz CT molecular complexity index is 380. The number of nitrogens with one attached hydrogen (secondary N) is 1. The van der Waals surface area contributed by atoms with Crippen molar-refractivity contribution in [2.75, 3.05) is 0 Å². The van der Waals surface area contributed by atoms with E-state index < -0.39 is 0 Å². The minimum atomic E-state index is 0.350. The van der Waals surface area contributed by atoms with Crippen molar-refractivity contribution in [3.63, 3.8) is 0 Å². The summed E-state index contributed by atoms with van der Waals surface area (Å²) in [6.07, 6.45) is 8.11. The molecule has 1 aromatic carbocycles. The monoisotopic (exact) mass is 230 g/mol. The number of benzene rings is 1. The first-order valence-corrected chi connectivity index (χ1v) is 6.93. The van der Waals surface area contributed by atoms with Gasteiger partial charge in [0.2, 0.25) is 0 Å². The third-order valence-electron chi connectivity index (χ3n) is 4.36. The minimum absolute atomic E-state index is 0.350. The van der Waals surface area contributed by atoms with E-state index in [1.165, 1.54) is 49.7 Å². The molecule has 1 aromatic rings. The molecule has 2 fully saturated rings. The SMILES string of the molecule is NNC(CC1CC1)c1cccc(C2CCC2)c1. The summed E-state index contributed by atoms with van der Waals surface area (Å²) in [4.78, 5) is 0. The van der Waals surface area contributed by atoms with Crippen molar-refractivity contribution in [3.8, 4) is 0 Å². The Morgan fingerprint density at radius 2 is 2.06 bits per heavy atom. The van der Waals surface area contributed by atoms with Crippen molar-refractivity contribution in [1.29, 1.82) is 0 Å². The molecule has 0 bridgehead atoms. The van der Waals surface area contributed by atoms with Gasteiger partial charge in [-0.2, -0.15) is 0 Å². The molecule has 92 valence electrons. The molecule has 1 atom stereocenters. The number of rotatable bonds is 5. The summed E-state index contributed by atoms with van der Waals surface area (Å²) in [5.41, 5.74) is 5.89. The summed E-state index contributed by atoms with van der Waals surface area (Å²) >= 11 is 0. The smallest absolute Gasteiger partial charge is 0.0462 e. The fourth-order valence-corrected chi connectivity index (χ4v) is 2.76. The zero-order valence-corrected chi connectivity index (χ0v) is 10.4. The fourth-order valence-electron chi connectivity index (χ4n) is 2.76. The van der Waals surface area contributed by atoms with Crippen LogP contribution in [0.5, 0.6) is 0 Å². The summed E-state index contributed by atoms with van der Waals surface area (Å²) in [7, 11) is 0. The third-order valence-corrected chi connectivity index (χ3v) is 4.36. The van der Waals surface area contributed by atoms with Gasteiger partial charge in [0.05, 0.1) is 0 Å². The highest BCUT2D eigenvalue weighted by molar-refractivity contribution is 5.29. The number of hydrogen-bond acceptors (Lipinski definition) is 2. The van der Waals surface area contributed by atoms with E-state index in [0.717, 1.165) is 11.8 Å². The molecule has 0 heterocycles. The highest BCUT2D eigenvalue weighted by Crippen LogP contribution is 2.39. The maximum absolute atomic E-state index is 5.70. The molecule has 3 N–H and O–H groups in total. The van der Waals surface area contributed by atoms with E-state index in [9.17, 15) is 0 Å². The average Bonchev–Trinajstić information content (AvgIpc) is 3.08. The molecular formula is C15H22N2. The molecule has 0 aromatic heterocycles. The van der Waals surface area contributed by atoms with Crippen LogP contribution in [0.1, 0.15) is 61.6 Å². The summed E-state index contributed by atoms with van der Waals surface area (Å²) in [5, 5.41) is 0. The Morgan fingerprint density at radius 1 is 1.24 bits per heavy atom. The zero-order valence-electron chi connectivity index (χ0n) is 10.4. The lowest BCUT2D eigenvalue weighted by molar-refractivity contribution is 0.418. The Morgan fingerprint density at radius 3 is 2.65 bits per heavy atom. The lowest BCUT2D eigenvalue weighted by Gasteiger charge is -2.27. The molecule has 0 radical (unpaired) electrons. The van der Waals surface area contributed by atoms with E-state index >= 15 is 0 Å². The summed E-state index contributed by atoms with van der Waals surface area (Å²) < 4.78 is 0. The van der Waals surface area contributed by atoms with E-state index in [4.69, 9.17) is 5.84 Å². The molecule has 2 aliphatic carbocycles. The van der Waals surface area contributed by atoms with Gasteiger partial charge in [0.25, 0.3) is 0 Å². The van der Waals surface area contributed by atoms with E-state index in [0.29, 0.717) is 6.04 Å². The second-order valence-electron chi connectivity index (χ2n) is 5.70. The molecule has 0 saturated heterocycles. The molecule has 1 unspecified atom stereocenters. The van der Waals surface area contributed by atoms with Gasteiger partial charge in [0.1, 0.15) is 0 Å². The maximum Gasteiger partial charge on any atom is 0.0462 e. The van der Waals surface area contributed by atoms with Gasteiger partial charge in [0.15, 0.2) is 0 Å². The highest BCUT2D eigenvalue weighted by atomic mass is 15.2. The molecule has 2 aliphatic rings. The Hall–Kier alpha value is -0.860. The largest absolute Gasteiger partial charge is 0.271 e. The minimum Gasteiger partial charge on any atom is -0.271 e. The van der Waals surface area contributed by atoms with E-state index in [1.54, 1.807) is 0 Å². The van der Waals surface area contributed by atoms with Crippen LogP contribution >= 0.6 is 0 Å². The van der Waals surface area contributed by atoms with Crippen LogP contribution in [-0.2, 0) is 0 Å². The van der Waals surface area contributed by atoms with Crippen molar-refractivity contribution >= 4 is 0 Å². The van der Waals surface area contributed by atoms with Gasteiger partial charge in [0, 0.05) is 6.04 Å². The van der Waals surface area contributed by atoms with Gasteiger partial charge in [-0.15, -0.1) is 0 Å². The Labute approximate surface area is 104 Å². The predicted molar refractivity (Wildman–Crippen MR) is 70.4 cm³/mol. The molecule has 17 heavy (non-hydrogen) atoms. The fraction of sp³-hybridized carbons (Fsp3) is 0.600. The van der Waals surface area contributed by atoms with Gasteiger partial charge in [-0.05, 0) is 42.2 Å². The summed E-state index contributed by atoms with van der Waals surface area (Å²) in [5.74, 6) is 7.42. The third kappa shape index (κ3) is 2.53. The van der Waals surface area contributed by atoms with Gasteiger partial charge in [-0.3, -0.25) is 11.3 Å². The number of hydrazine groups is 1. The van der Waals surface area contributed by atoms with Crippen LogP contribution in [0.25, 0.3) is 0 Å². The van der Waals surface area contributed by atoms with Crippen molar-refractivity contribution in [2.45, 2.75) is 50.5 Å². The van der Waals surface area contributed by atoms with Crippen LogP contribution in [0, 0.1) is 5.92 Å². The molecule has 2 saturated carbocycles. The molecule has 2 nitrogen and oxygen atoms in total. The topological polar surface area (TPSA) is 38.0 Å². The molecule has 3 rings (SSSR count). The van der Waals surface area contributed by atoms with E-state index in [1.807, 2.05) is 0 Å². The van der Waals surface area contributed by atoms with Crippen molar-refractivity contribution in [3.05, 3.63) is 35.4 Å². The first-order valence-electron chi connectivity index (χ1n) is 6.93. The van der Waals surface area contributed by atoms with E-state index in [2.05, 4.69) is 29.7 Å². The zero-order chi connectivity index (χ0) is 11.7. The first-order chi connectivity index (χ1) is 8.36. The van der Waals surface area contributed by atoms with Gasteiger partial charge < -0.3 is 0 Å². The normalized spacial score (nSPS) is 22.2. The molecule has 2 heteroatoms. The van der Waals surface area contributed by atoms with Crippen LogP contribution in [0.2, 0.25) is 0 Å². The Balaban J connectivity index is 1.74. The van der Waals surface area contributed by atoms with Crippen LogP contribution < -0.4 is 11.3 Å². The average molecular weight is 230 g/mol. The quantitative estimate of drug-likeness (QED) is 0.602. The lowest BCUT2D eigenvalue weighted by Crippen LogP contribution is -2.28. The molecular weight excluding hydrogens is 208 g/mol. The van der Waals surface area contributed by atoms with Gasteiger partial charge in [-0.1, -0.05) is 43.5 Å². The summed E-state index contributed by atoms with van der Waals surface area (Å²) in [6, 6.07) is 9.41. The van der Waals surface area contributed by atoms with Gasteiger partial charge >= 0.3 is 0 Å². The van der Waals surface area contributed by atoms with Crippen LogP contribution in [0.4, 0.5) is 0 Å². The van der Waals surface area contributed by atoms with E-state index in [-0.39, 0.29) is 0 Å². The number of nitrogens with two attached hydrogens (primary N) is 1. The molecule has 0 spiro atoms. The van der Waals surface area contributed by atoms with Crippen LogP contribution in [0.15, 0.2) is 24.3 Å². The predicted octanol–water partition coefficient (Wildman–Crippen LogP) is 3.26. The maximum atomic E-state index is 5.70. The standard InChI is InChI=1S/C15H22N2/c16-17-15(9-11-7-8-11)14-6-2-5-13(10-14)12-3-1-4-12/h2,5-6,10-12,15,17H,1,3-4,7-9,16H2. The second kappa shape index (κ2) is 4.79. The van der Waals surface area contributed by atoms with Gasteiger partial charge in [-0.25, -0.2) is 0 Å². The highest BCUT2D eigenvalue weighted by Gasteiger charge is 2.26. The van der Waals surface area contributed by atoms with Crippen molar-refractivity contribution in [1.82, 2.24) is 5.43 Å². The first kappa shape index (κ1) is 11.2. The summed E-state index contributed by atoms with van der Waals surface area (Å²) in [6.45, 7) is 0. The molecule has 0 amide bonds. The van der Waals surface area contributed by atoms with Crippen molar-refractivity contribution < 1.29 is 0 Å². The van der Waals surface area contributed by atoms with Crippen LogP contribution in [0.3, 0.4) is 0 Å². The second-order valence-corrected chi connectivity index (χ2v) is 5.70. The van der Waals surface area contributed by atoms with Crippen molar-refractivity contribution in [2.24, 2.45) is 11.8 Å².